The summed E-state index contributed by atoms with van der Waals surface area (Å²) in [5.41, 5.74) is 0.889. The second-order valence-electron chi connectivity index (χ2n) is 2.91. The first-order valence-electron chi connectivity index (χ1n) is 4.46. The summed E-state index contributed by atoms with van der Waals surface area (Å²) in [6.45, 7) is 0. The molecule has 1 N–H and O–H groups in total. The molecule has 0 aliphatic heterocycles. The number of nitrogens with zero attached hydrogens (tertiary/aromatic N) is 1. The van der Waals surface area contributed by atoms with Crippen molar-refractivity contribution in [3.8, 4) is 0 Å². The van der Waals surface area contributed by atoms with Crippen LogP contribution in [0.1, 0.15) is 16.1 Å². The zero-order chi connectivity index (χ0) is 12.0. The van der Waals surface area contributed by atoms with Crippen LogP contribution in [0, 0.1) is 0 Å². The van der Waals surface area contributed by atoms with Gasteiger partial charge in [0.15, 0.2) is 0 Å². The third-order valence-corrected chi connectivity index (χ3v) is 2.71. The predicted molar refractivity (Wildman–Crippen MR) is 59.4 cm³/mol. The fourth-order valence-corrected chi connectivity index (χ4v) is 1.70. The van der Waals surface area contributed by atoms with Crippen LogP contribution in [0.25, 0.3) is 0 Å². The van der Waals surface area contributed by atoms with Gasteiger partial charge in [-0.1, -0.05) is 0 Å². The number of esters is 1. The summed E-state index contributed by atoms with van der Waals surface area (Å²) < 4.78 is 4.48. The van der Waals surface area contributed by atoms with Crippen LogP contribution in [0.3, 0.4) is 0 Å². The molecule has 0 fully saturated rings. The van der Waals surface area contributed by atoms with E-state index in [9.17, 15) is 9.59 Å². The van der Waals surface area contributed by atoms with E-state index < -0.39 is 5.97 Å². The molecule has 6 heteroatoms. The third kappa shape index (κ3) is 3.90. The maximum absolute atomic E-state index is 10.8. The molecule has 0 aromatic carbocycles. The van der Waals surface area contributed by atoms with E-state index in [-0.39, 0.29) is 17.3 Å². The molecule has 86 valence electrons. The predicted octanol–water partition coefficient (Wildman–Crippen LogP) is 1.19. The van der Waals surface area contributed by atoms with Gasteiger partial charge in [0.25, 0.3) is 0 Å². The molecule has 1 rings (SSSR count). The van der Waals surface area contributed by atoms with E-state index in [1.54, 1.807) is 6.07 Å². The topological polar surface area (TPSA) is 76.5 Å². The number of hydrogen-bond acceptors (Lipinski definition) is 5. The molecule has 16 heavy (non-hydrogen) atoms. The first-order chi connectivity index (χ1) is 7.63. The van der Waals surface area contributed by atoms with E-state index >= 15 is 0 Å². The van der Waals surface area contributed by atoms with E-state index in [1.807, 2.05) is 0 Å². The highest BCUT2D eigenvalue weighted by Gasteiger charge is 2.04. The highest BCUT2D eigenvalue weighted by molar-refractivity contribution is 7.99. The lowest BCUT2D eigenvalue weighted by Gasteiger charge is -2.00. The maximum atomic E-state index is 10.8. The fraction of sp³-hybridized carbons (Fsp3) is 0.300. The summed E-state index contributed by atoms with van der Waals surface area (Å²) >= 11 is 1.37. The Bertz CT molecular complexity index is 377. The van der Waals surface area contributed by atoms with E-state index in [0.29, 0.717) is 5.75 Å². The van der Waals surface area contributed by atoms with Gasteiger partial charge in [-0.25, -0.2) is 4.79 Å². The second-order valence-corrected chi connectivity index (χ2v) is 3.90. The summed E-state index contributed by atoms with van der Waals surface area (Å²) in [6, 6.07) is 3.12. The van der Waals surface area contributed by atoms with Crippen molar-refractivity contribution in [1.82, 2.24) is 4.98 Å². The molecule has 0 atom stereocenters. The van der Waals surface area contributed by atoms with Crippen LogP contribution in [0.4, 0.5) is 0 Å². The largest absolute Gasteiger partial charge is 0.478 e. The number of aromatic nitrogens is 1. The number of pyridine rings is 1. The van der Waals surface area contributed by atoms with Crippen molar-refractivity contribution in [2.45, 2.75) is 5.75 Å². The molecule has 0 aliphatic rings. The number of hydrogen-bond donors (Lipinski definition) is 1. The Morgan fingerprint density at radius 2 is 2.25 bits per heavy atom. The Morgan fingerprint density at radius 3 is 2.75 bits per heavy atom. The summed E-state index contributed by atoms with van der Waals surface area (Å²) in [5, 5.41) is 8.65. The normalized spacial score (nSPS) is 9.81. The van der Waals surface area contributed by atoms with Crippen molar-refractivity contribution in [3.63, 3.8) is 0 Å². The SMILES string of the molecule is COC(=O)CSCc1ccc(C(=O)O)cn1. The van der Waals surface area contributed by atoms with E-state index in [2.05, 4.69) is 9.72 Å². The minimum absolute atomic E-state index is 0.154. The van der Waals surface area contributed by atoms with Crippen LogP contribution in [0.2, 0.25) is 0 Å². The smallest absolute Gasteiger partial charge is 0.337 e. The van der Waals surface area contributed by atoms with Crippen molar-refractivity contribution in [3.05, 3.63) is 29.6 Å². The van der Waals surface area contributed by atoms with Gasteiger partial charge in [-0.15, -0.1) is 11.8 Å². The number of carboxylic acid groups (broad SMARTS) is 1. The summed E-state index contributed by atoms with van der Waals surface area (Å²) in [6.07, 6.45) is 1.30. The Morgan fingerprint density at radius 1 is 1.50 bits per heavy atom. The number of methoxy groups -OCH3 is 1. The minimum Gasteiger partial charge on any atom is -0.478 e. The number of rotatable bonds is 5. The molecule has 0 bridgehead atoms. The van der Waals surface area contributed by atoms with E-state index in [0.717, 1.165) is 5.69 Å². The lowest BCUT2D eigenvalue weighted by atomic mass is 10.2. The molecule has 0 spiro atoms. The Balaban J connectivity index is 2.43. The van der Waals surface area contributed by atoms with Crippen LogP contribution in [-0.4, -0.2) is 34.9 Å². The van der Waals surface area contributed by atoms with Gasteiger partial charge < -0.3 is 9.84 Å². The lowest BCUT2D eigenvalue weighted by Crippen LogP contribution is -2.04. The Kier molecular flexibility index (Phi) is 4.78. The summed E-state index contributed by atoms with van der Waals surface area (Å²) in [7, 11) is 1.34. The summed E-state index contributed by atoms with van der Waals surface area (Å²) in [4.78, 5) is 25.3. The molecule has 1 heterocycles. The van der Waals surface area contributed by atoms with Gasteiger partial charge in [0.05, 0.1) is 24.1 Å². The first kappa shape index (κ1) is 12.5. The van der Waals surface area contributed by atoms with Crippen LogP contribution >= 0.6 is 11.8 Å². The van der Waals surface area contributed by atoms with Gasteiger partial charge in [-0.05, 0) is 12.1 Å². The van der Waals surface area contributed by atoms with E-state index in [1.165, 1.54) is 31.1 Å². The van der Waals surface area contributed by atoms with Gasteiger partial charge in [0.2, 0.25) is 0 Å². The number of thioether (sulfide) groups is 1. The van der Waals surface area contributed by atoms with Crippen LogP contribution in [0.5, 0.6) is 0 Å². The van der Waals surface area contributed by atoms with Crippen molar-refractivity contribution >= 4 is 23.7 Å². The maximum Gasteiger partial charge on any atom is 0.337 e. The number of carbonyl (C=O) groups is 2. The monoisotopic (exact) mass is 241 g/mol. The number of aromatic carboxylic acids is 1. The Labute approximate surface area is 96.8 Å². The molecule has 5 nitrogen and oxygen atoms in total. The first-order valence-corrected chi connectivity index (χ1v) is 5.61. The molecule has 0 radical (unpaired) electrons. The number of ether oxygens (including phenoxy) is 1. The van der Waals surface area contributed by atoms with Gasteiger partial charge in [0, 0.05) is 11.9 Å². The van der Waals surface area contributed by atoms with E-state index in [4.69, 9.17) is 5.11 Å². The fourth-order valence-electron chi connectivity index (χ4n) is 0.934. The van der Waals surface area contributed by atoms with Gasteiger partial charge in [-0.2, -0.15) is 0 Å². The summed E-state index contributed by atoms with van der Waals surface area (Å²) in [5.74, 6) is -0.471. The zero-order valence-electron chi connectivity index (χ0n) is 8.67. The quantitative estimate of drug-likeness (QED) is 0.780. The van der Waals surface area contributed by atoms with Gasteiger partial charge in [0.1, 0.15) is 0 Å². The third-order valence-electron chi connectivity index (χ3n) is 1.77. The van der Waals surface area contributed by atoms with Gasteiger partial charge in [-0.3, -0.25) is 9.78 Å². The minimum atomic E-state index is -0.999. The van der Waals surface area contributed by atoms with Crippen molar-refractivity contribution in [1.29, 1.82) is 0 Å². The molecule has 0 saturated heterocycles. The van der Waals surface area contributed by atoms with Crippen molar-refractivity contribution in [2.75, 3.05) is 12.9 Å². The molecular weight excluding hydrogens is 230 g/mol. The van der Waals surface area contributed by atoms with Crippen molar-refractivity contribution < 1.29 is 19.4 Å². The highest BCUT2D eigenvalue weighted by atomic mass is 32.2. The molecule has 0 aliphatic carbocycles. The van der Waals surface area contributed by atoms with Gasteiger partial charge >= 0.3 is 11.9 Å². The molecule has 0 unspecified atom stereocenters. The molecule has 1 aromatic heterocycles. The molecular formula is C10H11NO4S. The molecule has 1 aromatic rings. The molecule has 0 saturated carbocycles. The average Bonchev–Trinajstić information content (AvgIpc) is 2.29. The second kappa shape index (κ2) is 6.12. The van der Waals surface area contributed by atoms with Crippen LogP contribution in [0.15, 0.2) is 18.3 Å². The highest BCUT2D eigenvalue weighted by Crippen LogP contribution is 2.10. The number of carbonyl (C=O) groups excluding carboxylic acids is 1. The standard InChI is InChI=1S/C10H11NO4S/c1-15-9(12)6-16-5-8-3-2-7(4-11-8)10(13)14/h2-4H,5-6H2,1H3,(H,13,14). The van der Waals surface area contributed by atoms with Crippen molar-refractivity contribution in [2.24, 2.45) is 0 Å². The van der Waals surface area contributed by atoms with Crippen LogP contribution < -0.4 is 0 Å². The Hall–Kier alpha value is -1.56. The lowest BCUT2D eigenvalue weighted by molar-refractivity contribution is -0.137. The molecule has 0 amide bonds. The van der Waals surface area contributed by atoms with Crippen LogP contribution in [-0.2, 0) is 15.3 Å². The zero-order valence-corrected chi connectivity index (χ0v) is 9.49. The number of carboxylic acids is 1. The average molecular weight is 241 g/mol.